The highest BCUT2D eigenvalue weighted by Crippen LogP contribution is 2.37. The van der Waals surface area contributed by atoms with Gasteiger partial charge in [-0.3, -0.25) is 4.90 Å². The number of likely N-dealkylation sites (tertiary alicyclic amines) is 1. The van der Waals surface area contributed by atoms with E-state index in [9.17, 15) is 12.8 Å². The van der Waals surface area contributed by atoms with Gasteiger partial charge in [-0.15, -0.1) is 0 Å². The van der Waals surface area contributed by atoms with Crippen LogP contribution in [0.4, 0.5) is 4.39 Å². The molecule has 1 aromatic rings. The second-order valence-corrected chi connectivity index (χ2v) is 11.8. The van der Waals surface area contributed by atoms with Crippen molar-refractivity contribution in [3.05, 3.63) is 35.1 Å². The minimum Gasteiger partial charge on any atom is -0.370 e. The fraction of sp³-hybridized carbons (Fsp3) is 0.727. The molecule has 3 saturated heterocycles. The lowest BCUT2D eigenvalue weighted by Gasteiger charge is -2.39. The van der Waals surface area contributed by atoms with Crippen molar-refractivity contribution in [1.29, 1.82) is 0 Å². The predicted molar refractivity (Wildman–Crippen MR) is 115 cm³/mol. The maximum Gasteiger partial charge on any atom is 0.214 e. The minimum absolute atomic E-state index is 0.141. The zero-order valence-electron chi connectivity index (χ0n) is 18.1. The molecule has 3 aliphatic heterocycles. The Hall–Kier alpha value is -1.06. The Labute approximate surface area is 179 Å². The standard InChI is InChI=1S/C22H34FN3O3S/c1-14(2)13-30(27,28)26-10-16-8-25(9-17(16)11-26)19-7-21(24)22(29-12-19)20-6-18(23)5-4-15(20)3/h4-6,14,16-17,19,21-22H,7-13,24H2,1-3H3. The quantitative estimate of drug-likeness (QED) is 0.761. The Morgan fingerprint density at radius 3 is 2.47 bits per heavy atom. The van der Waals surface area contributed by atoms with E-state index in [2.05, 4.69) is 4.90 Å². The lowest BCUT2D eigenvalue weighted by atomic mass is 9.91. The van der Waals surface area contributed by atoms with Gasteiger partial charge in [0.2, 0.25) is 10.0 Å². The van der Waals surface area contributed by atoms with Gasteiger partial charge < -0.3 is 10.5 Å². The first kappa shape index (κ1) is 22.1. The average Bonchev–Trinajstić information content (AvgIpc) is 3.22. The molecule has 5 atom stereocenters. The molecule has 168 valence electrons. The van der Waals surface area contributed by atoms with Gasteiger partial charge in [0.25, 0.3) is 0 Å². The molecule has 3 heterocycles. The highest BCUT2D eigenvalue weighted by Gasteiger charge is 2.46. The summed E-state index contributed by atoms with van der Waals surface area (Å²) in [5.74, 6) is 0.862. The van der Waals surface area contributed by atoms with Gasteiger partial charge in [0.1, 0.15) is 5.82 Å². The van der Waals surface area contributed by atoms with Crippen LogP contribution >= 0.6 is 0 Å². The zero-order valence-corrected chi connectivity index (χ0v) is 18.9. The number of nitrogens with two attached hydrogens (primary N) is 1. The van der Waals surface area contributed by atoms with Gasteiger partial charge in [0.15, 0.2) is 0 Å². The number of nitrogens with zero attached hydrogens (tertiary/aromatic N) is 2. The van der Waals surface area contributed by atoms with Crippen LogP contribution in [0, 0.1) is 30.5 Å². The lowest BCUT2D eigenvalue weighted by Crippen LogP contribution is -2.49. The summed E-state index contributed by atoms with van der Waals surface area (Å²) in [7, 11) is -3.16. The second-order valence-electron chi connectivity index (χ2n) is 9.77. The molecule has 4 rings (SSSR count). The van der Waals surface area contributed by atoms with Crippen LogP contribution in [0.5, 0.6) is 0 Å². The monoisotopic (exact) mass is 439 g/mol. The first-order chi connectivity index (χ1) is 14.1. The van der Waals surface area contributed by atoms with Crippen molar-refractivity contribution in [3.8, 4) is 0 Å². The number of rotatable bonds is 5. The highest BCUT2D eigenvalue weighted by atomic mass is 32.2. The number of hydrogen-bond donors (Lipinski definition) is 1. The van der Waals surface area contributed by atoms with Gasteiger partial charge in [0.05, 0.1) is 18.5 Å². The van der Waals surface area contributed by atoms with E-state index in [1.165, 1.54) is 12.1 Å². The Bertz CT molecular complexity index is 864. The van der Waals surface area contributed by atoms with Crippen molar-refractivity contribution >= 4 is 10.0 Å². The van der Waals surface area contributed by atoms with E-state index in [0.717, 1.165) is 30.6 Å². The van der Waals surface area contributed by atoms with Crippen molar-refractivity contribution in [1.82, 2.24) is 9.21 Å². The zero-order chi connectivity index (χ0) is 21.6. The van der Waals surface area contributed by atoms with Gasteiger partial charge in [0, 0.05) is 38.3 Å². The summed E-state index contributed by atoms with van der Waals surface area (Å²) in [6.07, 6.45) is 0.519. The molecule has 0 amide bonds. The molecular formula is C22H34FN3O3S. The van der Waals surface area contributed by atoms with E-state index >= 15 is 0 Å². The molecule has 1 aromatic carbocycles. The number of fused-ring (bicyclic) bond motifs is 1. The van der Waals surface area contributed by atoms with Crippen LogP contribution in [0.15, 0.2) is 18.2 Å². The van der Waals surface area contributed by atoms with E-state index in [4.69, 9.17) is 10.5 Å². The number of aryl methyl sites for hydroxylation is 1. The summed E-state index contributed by atoms with van der Waals surface area (Å²) >= 11 is 0. The van der Waals surface area contributed by atoms with E-state index in [-0.39, 0.29) is 35.7 Å². The number of halogens is 1. The smallest absolute Gasteiger partial charge is 0.214 e. The summed E-state index contributed by atoms with van der Waals surface area (Å²) in [5.41, 5.74) is 8.30. The molecule has 0 spiro atoms. The average molecular weight is 440 g/mol. The number of hydrogen-bond acceptors (Lipinski definition) is 5. The van der Waals surface area contributed by atoms with E-state index in [1.807, 2.05) is 20.8 Å². The summed E-state index contributed by atoms with van der Waals surface area (Å²) in [4.78, 5) is 2.43. The predicted octanol–water partition coefficient (Wildman–Crippen LogP) is 2.14. The molecule has 8 heteroatoms. The molecule has 2 N–H and O–H groups in total. The van der Waals surface area contributed by atoms with Crippen LogP contribution in [0.2, 0.25) is 0 Å². The fourth-order valence-corrected chi connectivity index (χ4v) is 7.27. The Kier molecular flexibility index (Phi) is 6.25. The fourth-order valence-electron chi connectivity index (χ4n) is 5.38. The Morgan fingerprint density at radius 1 is 1.20 bits per heavy atom. The Balaban J connectivity index is 1.35. The molecule has 5 unspecified atom stereocenters. The van der Waals surface area contributed by atoms with Gasteiger partial charge in [-0.2, -0.15) is 0 Å². The molecule has 6 nitrogen and oxygen atoms in total. The van der Waals surface area contributed by atoms with Crippen LogP contribution < -0.4 is 5.73 Å². The largest absolute Gasteiger partial charge is 0.370 e. The molecule has 0 aliphatic carbocycles. The van der Waals surface area contributed by atoms with Crippen LogP contribution in [-0.2, 0) is 14.8 Å². The van der Waals surface area contributed by atoms with Crippen LogP contribution in [-0.4, -0.2) is 68.2 Å². The maximum absolute atomic E-state index is 13.7. The van der Waals surface area contributed by atoms with Crippen molar-refractivity contribution < 1.29 is 17.5 Å². The van der Waals surface area contributed by atoms with Gasteiger partial charge in [-0.05, 0) is 54.4 Å². The molecule has 30 heavy (non-hydrogen) atoms. The third kappa shape index (κ3) is 4.43. The molecule has 3 aliphatic rings. The third-order valence-corrected chi connectivity index (χ3v) is 9.06. The third-order valence-electron chi connectivity index (χ3n) is 6.88. The topological polar surface area (TPSA) is 75.9 Å². The normalized spacial score (nSPS) is 33.3. The van der Waals surface area contributed by atoms with Crippen LogP contribution in [0.25, 0.3) is 0 Å². The lowest BCUT2D eigenvalue weighted by molar-refractivity contribution is -0.0474. The van der Waals surface area contributed by atoms with Crippen LogP contribution in [0.3, 0.4) is 0 Å². The minimum atomic E-state index is -3.16. The van der Waals surface area contributed by atoms with E-state index in [1.54, 1.807) is 10.4 Å². The van der Waals surface area contributed by atoms with Gasteiger partial charge >= 0.3 is 0 Å². The highest BCUT2D eigenvalue weighted by molar-refractivity contribution is 7.89. The molecule has 0 aromatic heterocycles. The van der Waals surface area contributed by atoms with Crippen LogP contribution in [0.1, 0.15) is 37.5 Å². The van der Waals surface area contributed by atoms with Crippen molar-refractivity contribution in [2.24, 2.45) is 23.5 Å². The first-order valence-electron chi connectivity index (χ1n) is 11.0. The molecule has 3 fully saturated rings. The summed E-state index contributed by atoms with van der Waals surface area (Å²) in [6, 6.07) is 4.81. The van der Waals surface area contributed by atoms with E-state index in [0.29, 0.717) is 31.5 Å². The van der Waals surface area contributed by atoms with Crippen molar-refractivity contribution in [2.45, 2.75) is 45.4 Å². The Morgan fingerprint density at radius 2 is 1.87 bits per heavy atom. The molecule has 0 bridgehead atoms. The van der Waals surface area contributed by atoms with Crippen molar-refractivity contribution in [2.75, 3.05) is 38.5 Å². The molecule has 0 radical (unpaired) electrons. The summed E-state index contributed by atoms with van der Waals surface area (Å²) < 4.78 is 46.7. The summed E-state index contributed by atoms with van der Waals surface area (Å²) in [5, 5.41) is 0. The number of ether oxygens (including phenoxy) is 1. The molecular weight excluding hydrogens is 405 g/mol. The number of benzene rings is 1. The van der Waals surface area contributed by atoms with E-state index < -0.39 is 10.0 Å². The van der Waals surface area contributed by atoms with Crippen molar-refractivity contribution in [3.63, 3.8) is 0 Å². The SMILES string of the molecule is Cc1ccc(F)cc1C1OCC(N2CC3CN(S(=O)(=O)CC(C)C)CC3C2)CC1N. The van der Waals surface area contributed by atoms with Gasteiger partial charge in [-0.25, -0.2) is 17.1 Å². The first-order valence-corrected chi connectivity index (χ1v) is 12.6. The molecule has 0 saturated carbocycles. The van der Waals surface area contributed by atoms with Gasteiger partial charge in [-0.1, -0.05) is 19.9 Å². The summed E-state index contributed by atoms with van der Waals surface area (Å²) in [6.45, 7) is 9.45. The number of sulfonamides is 1. The maximum atomic E-state index is 13.7. The second kappa shape index (κ2) is 8.47.